The van der Waals surface area contributed by atoms with Gasteiger partial charge in [0, 0.05) is 0 Å². The molecule has 0 saturated heterocycles. The Balaban J connectivity index is 2.32. The summed E-state index contributed by atoms with van der Waals surface area (Å²) in [4.78, 5) is 0.631. The van der Waals surface area contributed by atoms with Crippen molar-refractivity contribution in [3.8, 4) is 0 Å². The molecule has 0 aromatic heterocycles. The lowest BCUT2D eigenvalue weighted by atomic mass is 9.65. The molecule has 0 N–H and O–H groups in total. The van der Waals surface area contributed by atoms with E-state index in [1.54, 1.807) is 0 Å². The van der Waals surface area contributed by atoms with E-state index in [1.165, 1.54) is 0 Å². The van der Waals surface area contributed by atoms with Crippen molar-refractivity contribution < 1.29 is 8.42 Å². The normalized spacial score (nSPS) is 17.4. The topological polar surface area (TPSA) is 34.1 Å². The van der Waals surface area contributed by atoms with Crippen LogP contribution in [0.15, 0.2) is 60.7 Å². The molecule has 108 valence electrons. The molecule has 1 aliphatic rings. The molecule has 0 aliphatic heterocycles. The molecular weight excluding hydrogens is 280 g/mol. The molecule has 2 aromatic rings. The summed E-state index contributed by atoms with van der Waals surface area (Å²) in [6, 6.07) is 20.1. The van der Waals surface area contributed by atoms with Crippen molar-refractivity contribution in [1.82, 2.24) is 0 Å². The molecule has 3 rings (SSSR count). The second-order valence-electron chi connectivity index (χ2n) is 5.50. The maximum absolute atomic E-state index is 11.9. The lowest BCUT2D eigenvalue weighted by Gasteiger charge is -2.38. The number of benzene rings is 2. The molecule has 3 heteroatoms. The summed E-state index contributed by atoms with van der Waals surface area (Å²) in [6.07, 6.45) is 3.50. The van der Waals surface area contributed by atoms with E-state index in [0.29, 0.717) is 11.3 Å². The zero-order valence-electron chi connectivity index (χ0n) is 11.8. The highest BCUT2D eigenvalue weighted by Crippen LogP contribution is 2.42. The summed E-state index contributed by atoms with van der Waals surface area (Å²) >= 11 is 0. The monoisotopic (exact) mass is 298 g/mol. The van der Waals surface area contributed by atoms with Crippen molar-refractivity contribution in [2.75, 3.05) is 0 Å². The van der Waals surface area contributed by atoms with Crippen LogP contribution in [0.2, 0.25) is 0 Å². The van der Waals surface area contributed by atoms with Crippen LogP contribution in [0.1, 0.15) is 36.8 Å². The summed E-state index contributed by atoms with van der Waals surface area (Å²) in [6.45, 7) is 0. The van der Waals surface area contributed by atoms with Gasteiger partial charge < -0.3 is 0 Å². The predicted molar refractivity (Wildman–Crippen MR) is 86.1 cm³/mol. The SMILES string of the molecule is O=S(=O)=C1CCCCC1(c1ccccc1)c1ccccc1. The minimum atomic E-state index is -2.16. The van der Waals surface area contributed by atoms with E-state index < -0.39 is 15.7 Å². The van der Waals surface area contributed by atoms with Gasteiger partial charge in [-0.25, -0.2) is 0 Å². The van der Waals surface area contributed by atoms with E-state index in [0.717, 1.165) is 30.4 Å². The molecular formula is C18H18O2S. The lowest BCUT2D eigenvalue weighted by Crippen LogP contribution is -2.40. The fourth-order valence-electron chi connectivity index (χ4n) is 3.48. The Kier molecular flexibility index (Phi) is 3.93. The van der Waals surface area contributed by atoms with Gasteiger partial charge in [-0.1, -0.05) is 67.1 Å². The van der Waals surface area contributed by atoms with E-state index >= 15 is 0 Å². The smallest absolute Gasteiger partial charge is 0.185 e. The van der Waals surface area contributed by atoms with Crippen LogP contribution >= 0.6 is 0 Å². The van der Waals surface area contributed by atoms with Crippen LogP contribution in [0.3, 0.4) is 0 Å². The van der Waals surface area contributed by atoms with Crippen molar-refractivity contribution in [1.29, 1.82) is 0 Å². The first-order chi connectivity index (χ1) is 10.2. The number of hydrogen-bond acceptors (Lipinski definition) is 2. The lowest BCUT2D eigenvalue weighted by molar-refractivity contribution is 0.522. The van der Waals surface area contributed by atoms with Gasteiger partial charge >= 0.3 is 0 Å². The van der Waals surface area contributed by atoms with E-state index in [2.05, 4.69) is 0 Å². The van der Waals surface area contributed by atoms with Crippen LogP contribution in [0.5, 0.6) is 0 Å². The molecule has 0 radical (unpaired) electrons. The van der Waals surface area contributed by atoms with Crippen LogP contribution in [0.4, 0.5) is 0 Å². The van der Waals surface area contributed by atoms with Crippen LogP contribution in [0.25, 0.3) is 0 Å². The highest BCUT2D eigenvalue weighted by atomic mass is 32.2. The van der Waals surface area contributed by atoms with Crippen molar-refractivity contribution in [3.63, 3.8) is 0 Å². The molecule has 1 fully saturated rings. The number of hydrogen-bond donors (Lipinski definition) is 0. The zero-order valence-corrected chi connectivity index (χ0v) is 12.6. The molecule has 0 unspecified atom stereocenters. The molecule has 2 aromatic carbocycles. The van der Waals surface area contributed by atoms with Crippen molar-refractivity contribution in [2.24, 2.45) is 0 Å². The van der Waals surface area contributed by atoms with Gasteiger partial charge in [0.05, 0.1) is 10.3 Å². The highest BCUT2D eigenvalue weighted by molar-refractivity contribution is 7.73. The predicted octanol–water partition coefficient (Wildman–Crippen LogP) is 3.60. The Bertz CT molecular complexity index is 699. The van der Waals surface area contributed by atoms with Gasteiger partial charge in [0.1, 0.15) is 0 Å². The third-order valence-electron chi connectivity index (χ3n) is 4.42. The van der Waals surface area contributed by atoms with Gasteiger partial charge in [-0.2, -0.15) is 8.42 Å². The largest absolute Gasteiger partial charge is 0.214 e. The second-order valence-corrected chi connectivity index (χ2v) is 6.46. The zero-order chi connectivity index (χ0) is 14.7. The number of rotatable bonds is 2. The average molecular weight is 298 g/mol. The Labute approximate surface area is 127 Å². The molecule has 1 saturated carbocycles. The maximum atomic E-state index is 11.9. The Morgan fingerprint density at radius 2 is 1.29 bits per heavy atom. The van der Waals surface area contributed by atoms with Crippen molar-refractivity contribution in [2.45, 2.75) is 31.1 Å². The van der Waals surface area contributed by atoms with Crippen LogP contribution in [-0.2, 0) is 15.7 Å². The molecule has 2 nitrogen and oxygen atoms in total. The van der Waals surface area contributed by atoms with Gasteiger partial charge in [-0.3, -0.25) is 0 Å². The summed E-state index contributed by atoms with van der Waals surface area (Å²) in [5, 5.41) is 0. The van der Waals surface area contributed by atoms with Gasteiger partial charge in [0.2, 0.25) is 10.3 Å². The van der Waals surface area contributed by atoms with Gasteiger partial charge in [-0.05, 0) is 30.4 Å². The molecule has 0 spiro atoms. The Morgan fingerprint density at radius 1 is 0.762 bits per heavy atom. The molecule has 1 aliphatic carbocycles. The Hall–Kier alpha value is -1.87. The van der Waals surface area contributed by atoms with Crippen LogP contribution in [0, 0.1) is 0 Å². The summed E-state index contributed by atoms with van der Waals surface area (Å²) < 4.78 is 23.8. The molecule has 0 bridgehead atoms. The first-order valence-electron chi connectivity index (χ1n) is 7.32. The van der Waals surface area contributed by atoms with E-state index in [4.69, 9.17) is 0 Å². The second kappa shape index (κ2) is 5.86. The van der Waals surface area contributed by atoms with Crippen molar-refractivity contribution >= 4 is 15.2 Å². The molecule has 21 heavy (non-hydrogen) atoms. The fourth-order valence-corrected chi connectivity index (χ4v) is 4.41. The van der Waals surface area contributed by atoms with Crippen LogP contribution in [-0.4, -0.2) is 13.3 Å². The van der Waals surface area contributed by atoms with Gasteiger partial charge in [0.15, 0.2) is 0 Å². The standard InChI is InChI=1S/C18H18O2S/c19-21(20)17-13-7-8-14-18(17,15-9-3-1-4-10-15)16-11-5-2-6-12-16/h1-6,9-12H,7-8,13-14H2. The first kappa shape index (κ1) is 14.1. The van der Waals surface area contributed by atoms with E-state index in [9.17, 15) is 8.42 Å². The third-order valence-corrected chi connectivity index (χ3v) is 5.37. The quantitative estimate of drug-likeness (QED) is 0.794. The van der Waals surface area contributed by atoms with E-state index in [1.807, 2.05) is 60.7 Å². The fraction of sp³-hybridized carbons (Fsp3) is 0.278. The van der Waals surface area contributed by atoms with Crippen molar-refractivity contribution in [3.05, 3.63) is 71.8 Å². The summed E-state index contributed by atoms with van der Waals surface area (Å²) in [5.41, 5.74) is 1.66. The highest BCUT2D eigenvalue weighted by Gasteiger charge is 2.41. The minimum Gasteiger partial charge on any atom is -0.185 e. The van der Waals surface area contributed by atoms with Gasteiger partial charge in [-0.15, -0.1) is 0 Å². The first-order valence-corrected chi connectivity index (χ1v) is 8.39. The van der Waals surface area contributed by atoms with E-state index in [-0.39, 0.29) is 0 Å². The van der Waals surface area contributed by atoms with Crippen LogP contribution < -0.4 is 0 Å². The Morgan fingerprint density at radius 3 is 1.76 bits per heavy atom. The third kappa shape index (κ3) is 2.42. The van der Waals surface area contributed by atoms with Gasteiger partial charge in [0.25, 0.3) is 0 Å². The summed E-state index contributed by atoms with van der Waals surface area (Å²) in [5.74, 6) is 0. The molecule has 0 atom stereocenters. The maximum Gasteiger partial charge on any atom is 0.214 e. The molecule has 0 heterocycles. The minimum absolute atomic E-state index is 0.493. The average Bonchev–Trinajstić information content (AvgIpc) is 2.56. The summed E-state index contributed by atoms with van der Waals surface area (Å²) in [7, 11) is -2.16. The molecule has 0 amide bonds.